The molecule has 0 radical (unpaired) electrons. The number of fused-ring (bicyclic) bond motifs is 2. The molecule has 0 aliphatic heterocycles. The first-order valence-corrected chi connectivity index (χ1v) is 14.5. The third-order valence-corrected chi connectivity index (χ3v) is 7.39. The van der Waals surface area contributed by atoms with E-state index in [1.165, 1.54) is 22.3 Å². The van der Waals surface area contributed by atoms with Crippen LogP contribution in [0.5, 0.6) is 11.5 Å². The summed E-state index contributed by atoms with van der Waals surface area (Å²) in [6.07, 6.45) is 1.79. The average molecular weight is 641 g/mol. The van der Waals surface area contributed by atoms with Crippen LogP contribution in [0.4, 0.5) is 0 Å². The van der Waals surface area contributed by atoms with Crippen LogP contribution >= 0.6 is 24.8 Å². The molecule has 0 bridgehead atoms. The van der Waals surface area contributed by atoms with Crippen LogP contribution in [0.15, 0.2) is 85.1 Å². The maximum atomic E-state index is 10.0. The van der Waals surface area contributed by atoms with Gasteiger partial charge >= 0.3 is 59.4 Å². The first kappa shape index (κ1) is 37.3. The predicted molar refractivity (Wildman–Crippen MR) is 182 cm³/mol. The van der Waals surface area contributed by atoms with Gasteiger partial charge < -0.3 is 10.2 Å². The van der Waals surface area contributed by atoms with E-state index < -0.39 is 0 Å². The van der Waals surface area contributed by atoms with Crippen molar-refractivity contribution in [1.82, 2.24) is 4.98 Å². The number of aryl methyl sites for hydroxylation is 2. The summed E-state index contributed by atoms with van der Waals surface area (Å²) in [7, 11) is 0. The van der Waals surface area contributed by atoms with Gasteiger partial charge in [0.05, 0.1) is 0 Å². The van der Waals surface area contributed by atoms with Crippen LogP contribution in [0.1, 0.15) is 69.5 Å². The van der Waals surface area contributed by atoms with Crippen molar-refractivity contribution in [2.45, 2.75) is 66.2 Å². The Hall–Kier alpha value is -2.69. The predicted octanol–water partition coefficient (Wildman–Crippen LogP) is 9.92. The zero-order valence-electron chi connectivity index (χ0n) is 25.8. The molecule has 0 amide bonds. The first-order valence-electron chi connectivity index (χ1n) is 13.6. The quantitative estimate of drug-likeness (QED) is 0.179. The Morgan fingerprint density at radius 1 is 0.595 bits per heavy atom. The number of halogens is 2. The number of nitrogens with zero attached hydrogens (tertiary/aromatic N) is 1. The van der Waals surface area contributed by atoms with Crippen molar-refractivity contribution < 1.29 is 30.2 Å². The Labute approximate surface area is 275 Å². The van der Waals surface area contributed by atoms with Crippen molar-refractivity contribution in [2.75, 3.05) is 0 Å². The zero-order chi connectivity index (χ0) is 29.7. The molecular formula is C36H43Cl2NO2Ti. The first-order chi connectivity index (χ1) is 18.8. The molecule has 0 aliphatic carbocycles. The monoisotopic (exact) mass is 639 g/mol. The van der Waals surface area contributed by atoms with E-state index in [1.807, 2.05) is 54.6 Å². The molecular weight excluding hydrogens is 597 g/mol. The summed E-state index contributed by atoms with van der Waals surface area (Å²) < 4.78 is 1.97. The molecule has 0 atom stereocenters. The number of phenolic OH excluding ortho intramolecular Hbond substituents is 2. The number of hydrogen-bond donors (Lipinski definition) is 2. The molecule has 0 aliphatic rings. The second-order valence-electron chi connectivity index (χ2n) is 12.2. The number of benzene rings is 4. The average Bonchev–Trinajstić information content (AvgIpc) is 2.92. The number of aromatic nitrogens is 1. The number of rotatable bonds is 1. The van der Waals surface area contributed by atoms with Crippen molar-refractivity contribution >= 4 is 50.7 Å². The van der Waals surface area contributed by atoms with E-state index in [1.54, 1.807) is 18.3 Å². The van der Waals surface area contributed by atoms with Gasteiger partial charge in [-0.3, -0.25) is 0 Å². The molecule has 0 saturated heterocycles. The molecule has 0 saturated carbocycles. The summed E-state index contributed by atoms with van der Waals surface area (Å²) >= 11 is 1.97. The van der Waals surface area contributed by atoms with Crippen LogP contribution in [0.25, 0.3) is 21.5 Å². The van der Waals surface area contributed by atoms with E-state index >= 15 is 0 Å². The van der Waals surface area contributed by atoms with E-state index in [9.17, 15) is 10.2 Å². The van der Waals surface area contributed by atoms with Crippen LogP contribution in [0.2, 0.25) is 0 Å². The standard InChI is InChI=1S/2C15H18O.C6H5N.2ClH.Ti/c2*1-10-8-9-13(16)14-11(10)6-5-7-12(14)15(2,3)4;1-6-4-2-3-5-7-6;;;/h2*5-9,16H,1-4H3;1-5H;2*1H;. The topological polar surface area (TPSA) is 53.4 Å². The molecule has 5 rings (SSSR count). The fourth-order valence-corrected chi connectivity index (χ4v) is 5.05. The molecule has 0 spiro atoms. The Balaban J connectivity index is 0.000000324. The van der Waals surface area contributed by atoms with Crippen molar-refractivity contribution in [1.29, 1.82) is 0 Å². The number of phenols is 2. The minimum atomic E-state index is 0. The van der Waals surface area contributed by atoms with Gasteiger partial charge in [0, 0.05) is 10.8 Å². The van der Waals surface area contributed by atoms with Crippen molar-refractivity contribution in [3.8, 4) is 11.5 Å². The van der Waals surface area contributed by atoms with Crippen LogP contribution in [-0.2, 0) is 30.8 Å². The van der Waals surface area contributed by atoms with Gasteiger partial charge in [-0.25, -0.2) is 0 Å². The molecule has 3 nitrogen and oxygen atoms in total. The van der Waals surface area contributed by atoms with E-state index in [4.69, 9.17) is 0 Å². The van der Waals surface area contributed by atoms with Crippen LogP contribution in [0.3, 0.4) is 0 Å². The minimum absolute atomic E-state index is 0. The Kier molecular flexibility index (Phi) is 13.9. The third-order valence-electron chi connectivity index (χ3n) is 6.92. The van der Waals surface area contributed by atoms with Crippen LogP contribution in [0, 0.1) is 13.8 Å². The molecule has 0 unspecified atom stereocenters. The fourth-order valence-electron chi connectivity index (χ4n) is 4.78. The maximum absolute atomic E-state index is 10.0. The van der Waals surface area contributed by atoms with Crippen molar-refractivity contribution in [3.63, 3.8) is 0 Å². The van der Waals surface area contributed by atoms with Gasteiger partial charge in [-0.15, -0.1) is 24.8 Å². The van der Waals surface area contributed by atoms with Crippen molar-refractivity contribution in [3.05, 3.63) is 113 Å². The number of hydrogen-bond acceptors (Lipinski definition) is 3. The SMILES string of the molecule is Cc1ccc(O)c2c(C(C)(C)C)cccc12.Cc1ccc(O)c2c(C(C)(C)C)cccc12.Cl.Cl.[Ti]=[CH]c1ccccn1. The molecule has 0 fully saturated rings. The Morgan fingerprint density at radius 2 is 1.02 bits per heavy atom. The molecule has 1 heterocycles. The van der Waals surface area contributed by atoms with Crippen LogP contribution in [-0.4, -0.2) is 19.5 Å². The summed E-state index contributed by atoms with van der Waals surface area (Å²) in [6.45, 7) is 17.2. The van der Waals surface area contributed by atoms with E-state index in [2.05, 4.69) is 96.8 Å². The van der Waals surface area contributed by atoms with E-state index in [0.717, 1.165) is 27.2 Å². The summed E-state index contributed by atoms with van der Waals surface area (Å²) in [4.78, 5) is 4.04. The molecule has 4 aromatic carbocycles. The van der Waals surface area contributed by atoms with Crippen LogP contribution < -0.4 is 0 Å². The van der Waals surface area contributed by atoms with Gasteiger partial charge in [-0.05, 0) is 69.8 Å². The van der Waals surface area contributed by atoms with E-state index in [-0.39, 0.29) is 35.6 Å². The Bertz CT molecular complexity index is 1520. The summed E-state index contributed by atoms with van der Waals surface area (Å²) in [5.41, 5.74) is 5.94. The van der Waals surface area contributed by atoms with Gasteiger partial charge in [0.15, 0.2) is 0 Å². The van der Waals surface area contributed by atoms with Gasteiger partial charge in [0.1, 0.15) is 11.5 Å². The molecule has 6 heteroatoms. The van der Waals surface area contributed by atoms with Gasteiger partial charge in [0.2, 0.25) is 0 Å². The second kappa shape index (κ2) is 15.7. The fraction of sp³-hybridized carbons (Fsp3) is 0.278. The second-order valence-corrected chi connectivity index (χ2v) is 12.6. The number of aromatic hydroxyl groups is 2. The third kappa shape index (κ3) is 9.15. The van der Waals surface area contributed by atoms with Gasteiger partial charge in [-0.2, -0.15) is 0 Å². The molecule has 1 aromatic heterocycles. The summed E-state index contributed by atoms with van der Waals surface area (Å²) in [6, 6.07) is 25.8. The molecule has 2 N–H and O–H groups in total. The number of pyridine rings is 1. The Morgan fingerprint density at radius 3 is 1.33 bits per heavy atom. The van der Waals surface area contributed by atoms with Gasteiger partial charge in [0.25, 0.3) is 0 Å². The molecule has 42 heavy (non-hydrogen) atoms. The zero-order valence-corrected chi connectivity index (χ0v) is 29.0. The summed E-state index contributed by atoms with van der Waals surface area (Å²) in [5.74, 6) is 0.761. The van der Waals surface area contributed by atoms with Crippen molar-refractivity contribution in [2.24, 2.45) is 0 Å². The molecule has 5 aromatic rings. The summed E-state index contributed by atoms with van der Waals surface area (Å²) in [5, 5.41) is 24.4. The van der Waals surface area contributed by atoms with E-state index in [0.29, 0.717) is 11.5 Å². The normalized spacial score (nSPS) is 10.7. The molecule has 222 valence electrons. The van der Waals surface area contributed by atoms with Gasteiger partial charge in [-0.1, -0.05) is 90.1 Å².